The Labute approximate surface area is 81.0 Å². The standard InChI is InChI=1S/C5H3ClN2O4S/c1-2-4(7(9)10)3(6)5(13-2)8(11)12/h1H3. The second-order valence-corrected chi connectivity index (χ2v) is 3.72. The zero-order valence-corrected chi connectivity index (χ0v) is 7.89. The van der Waals surface area contributed by atoms with Gasteiger partial charge < -0.3 is 0 Å². The molecule has 0 bridgehead atoms. The average Bonchev–Trinajstić information content (AvgIpc) is 2.26. The van der Waals surface area contributed by atoms with Gasteiger partial charge in [-0.3, -0.25) is 20.2 Å². The molecular weight excluding hydrogens is 220 g/mol. The van der Waals surface area contributed by atoms with Crippen LogP contribution in [0.2, 0.25) is 5.02 Å². The van der Waals surface area contributed by atoms with Crippen molar-refractivity contribution < 1.29 is 9.85 Å². The Morgan fingerprint density at radius 3 is 2.08 bits per heavy atom. The van der Waals surface area contributed by atoms with Gasteiger partial charge in [0.1, 0.15) is 0 Å². The topological polar surface area (TPSA) is 86.3 Å². The molecular formula is C5H3ClN2O4S. The van der Waals surface area contributed by atoms with Gasteiger partial charge in [0, 0.05) is 0 Å². The molecule has 0 fully saturated rings. The summed E-state index contributed by atoms with van der Waals surface area (Å²) in [4.78, 5) is 19.5. The molecule has 1 rings (SSSR count). The van der Waals surface area contributed by atoms with Gasteiger partial charge in [-0.25, -0.2) is 0 Å². The first-order valence-electron chi connectivity index (χ1n) is 3.02. The van der Waals surface area contributed by atoms with Crippen molar-refractivity contribution in [2.24, 2.45) is 0 Å². The normalized spacial score (nSPS) is 10.0. The van der Waals surface area contributed by atoms with Crippen LogP contribution in [0.25, 0.3) is 0 Å². The van der Waals surface area contributed by atoms with Crippen molar-refractivity contribution in [2.75, 3.05) is 0 Å². The smallest absolute Gasteiger partial charge is 0.258 e. The number of hydrogen-bond acceptors (Lipinski definition) is 5. The van der Waals surface area contributed by atoms with Crippen molar-refractivity contribution in [1.82, 2.24) is 0 Å². The third-order valence-corrected chi connectivity index (χ3v) is 2.84. The molecule has 1 aromatic heterocycles. The van der Waals surface area contributed by atoms with Gasteiger partial charge in [-0.1, -0.05) is 22.9 Å². The highest BCUT2D eigenvalue weighted by Gasteiger charge is 2.30. The molecule has 0 spiro atoms. The van der Waals surface area contributed by atoms with Crippen LogP contribution in [-0.4, -0.2) is 9.85 Å². The van der Waals surface area contributed by atoms with Crippen molar-refractivity contribution in [3.8, 4) is 0 Å². The van der Waals surface area contributed by atoms with Crippen molar-refractivity contribution in [3.05, 3.63) is 30.1 Å². The van der Waals surface area contributed by atoms with E-state index in [2.05, 4.69) is 0 Å². The van der Waals surface area contributed by atoms with Gasteiger partial charge in [-0.15, -0.1) is 0 Å². The number of hydrogen-bond donors (Lipinski definition) is 0. The molecule has 70 valence electrons. The summed E-state index contributed by atoms with van der Waals surface area (Å²) in [5, 5.41) is 19.9. The first kappa shape index (κ1) is 9.87. The Morgan fingerprint density at radius 2 is 1.85 bits per heavy atom. The molecule has 0 amide bonds. The SMILES string of the molecule is Cc1sc([N+](=O)[O-])c(Cl)c1[N+](=O)[O-]. The fraction of sp³-hybridized carbons (Fsp3) is 0.200. The minimum atomic E-state index is -0.729. The first-order valence-corrected chi connectivity index (χ1v) is 4.22. The lowest BCUT2D eigenvalue weighted by atomic mass is 10.4. The van der Waals surface area contributed by atoms with E-state index in [4.69, 9.17) is 11.6 Å². The number of nitro groups is 2. The third-order valence-electron chi connectivity index (χ3n) is 1.33. The van der Waals surface area contributed by atoms with Crippen LogP contribution in [0.1, 0.15) is 4.88 Å². The predicted molar refractivity (Wildman–Crippen MR) is 47.4 cm³/mol. The van der Waals surface area contributed by atoms with Gasteiger partial charge >= 0.3 is 10.7 Å². The highest BCUT2D eigenvalue weighted by molar-refractivity contribution is 7.16. The van der Waals surface area contributed by atoms with Crippen molar-refractivity contribution >= 4 is 33.6 Å². The number of halogens is 1. The predicted octanol–water partition coefficient (Wildman–Crippen LogP) is 2.53. The number of rotatable bonds is 2. The maximum atomic E-state index is 10.4. The van der Waals surface area contributed by atoms with Gasteiger partial charge in [0.15, 0.2) is 0 Å². The Kier molecular flexibility index (Phi) is 2.48. The number of nitrogens with zero attached hydrogens (tertiary/aromatic N) is 2. The second kappa shape index (κ2) is 3.27. The third kappa shape index (κ3) is 1.61. The summed E-state index contributed by atoms with van der Waals surface area (Å²) >= 11 is 6.15. The monoisotopic (exact) mass is 222 g/mol. The van der Waals surface area contributed by atoms with Gasteiger partial charge in [0.25, 0.3) is 0 Å². The van der Waals surface area contributed by atoms with E-state index in [0.717, 1.165) is 0 Å². The van der Waals surface area contributed by atoms with Crippen LogP contribution in [0.3, 0.4) is 0 Å². The molecule has 1 heterocycles. The molecule has 8 heteroatoms. The maximum absolute atomic E-state index is 10.4. The zero-order chi connectivity index (χ0) is 10.2. The second-order valence-electron chi connectivity index (χ2n) is 2.14. The lowest BCUT2D eigenvalue weighted by molar-refractivity contribution is -0.390. The van der Waals surface area contributed by atoms with E-state index in [-0.39, 0.29) is 15.6 Å². The average molecular weight is 223 g/mol. The van der Waals surface area contributed by atoms with Crippen molar-refractivity contribution in [2.45, 2.75) is 6.92 Å². The van der Waals surface area contributed by atoms with Crippen LogP contribution >= 0.6 is 22.9 Å². The fourth-order valence-corrected chi connectivity index (χ4v) is 2.10. The summed E-state index contributed by atoms with van der Waals surface area (Å²) in [6.07, 6.45) is 0. The molecule has 6 nitrogen and oxygen atoms in total. The molecule has 0 aromatic carbocycles. The minimum Gasteiger partial charge on any atom is -0.258 e. The van der Waals surface area contributed by atoms with E-state index in [9.17, 15) is 20.2 Å². The molecule has 0 aliphatic rings. The van der Waals surface area contributed by atoms with Crippen LogP contribution in [-0.2, 0) is 0 Å². The molecule has 0 atom stereocenters. The lowest BCUT2D eigenvalue weighted by Gasteiger charge is -1.86. The van der Waals surface area contributed by atoms with Gasteiger partial charge in [-0.05, 0) is 6.92 Å². The highest BCUT2D eigenvalue weighted by atomic mass is 35.5. The molecule has 0 unspecified atom stereocenters. The van der Waals surface area contributed by atoms with Crippen molar-refractivity contribution in [1.29, 1.82) is 0 Å². The molecule has 0 N–H and O–H groups in total. The summed E-state index contributed by atoms with van der Waals surface area (Å²) in [5.41, 5.74) is -0.377. The minimum absolute atomic E-state index is 0.238. The summed E-state index contributed by atoms with van der Waals surface area (Å²) < 4.78 is 0. The number of thiophene rings is 1. The van der Waals surface area contributed by atoms with E-state index in [1.807, 2.05) is 0 Å². The Bertz CT molecular complexity index is 388. The number of aryl methyl sites for hydroxylation is 1. The lowest BCUT2D eigenvalue weighted by Crippen LogP contribution is -1.89. The molecule has 1 aromatic rings. The molecule has 0 saturated heterocycles. The Hall–Kier alpha value is -1.21. The van der Waals surface area contributed by atoms with Gasteiger partial charge in [-0.2, -0.15) is 0 Å². The fourth-order valence-electron chi connectivity index (χ4n) is 0.820. The van der Waals surface area contributed by atoms with E-state index < -0.39 is 14.9 Å². The summed E-state index contributed by atoms with van der Waals surface area (Å²) in [7, 11) is 0. The van der Waals surface area contributed by atoms with Crippen LogP contribution in [0.5, 0.6) is 0 Å². The Balaban J connectivity index is 3.39. The highest BCUT2D eigenvalue weighted by Crippen LogP contribution is 2.43. The van der Waals surface area contributed by atoms with Crippen LogP contribution in [0.15, 0.2) is 0 Å². The summed E-state index contributed by atoms with van der Waals surface area (Å²) in [6.45, 7) is 1.42. The summed E-state index contributed by atoms with van der Waals surface area (Å²) in [6, 6.07) is 0. The summed E-state index contributed by atoms with van der Waals surface area (Å²) in [5.74, 6) is 0. The van der Waals surface area contributed by atoms with Gasteiger partial charge in [0.05, 0.1) is 14.7 Å². The Morgan fingerprint density at radius 1 is 1.31 bits per heavy atom. The van der Waals surface area contributed by atoms with Crippen LogP contribution < -0.4 is 0 Å². The quantitative estimate of drug-likeness (QED) is 0.568. The maximum Gasteiger partial charge on any atom is 0.350 e. The zero-order valence-electron chi connectivity index (χ0n) is 6.31. The van der Waals surface area contributed by atoms with Crippen molar-refractivity contribution in [3.63, 3.8) is 0 Å². The largest absolute Gasteiger partial charge is 0.350 e. The molecule has 0 aliphatic heterocycles. The van der Waals surface area contributed by atoms with E-state index in [1.165, 1.54) is 6.92 Å². The molecule has 0 radical (unpaired) electrons. The molecule has 0 aliphatic carbocycles. The van der Waals surface area contributed by atoms with Crippen LogP contribution in [0.4, 0.5) is 10.7 Å². The first-order chi connectivity index (χ1) is 5.95. The molecule has 13 heavy (non-hydrogen) atoms. The van der Waals surface area contributed by atoms with Crippen LogP contribution in [0, 0.1) is 27.2 Å². The van der Waals surface area contributed by atoms with Gasteiger partial charge in [0.2, 0.25) is 5.02 Å². The van der Waals surface area contributed by atoms with E-state index in [1.54, 1.807) is 0 Å². The molecule has 0 saturated carbocycles. The van der Waals surface area contributed by atoms with E-state index in [0.29, 0.717) is 11.3 Å². The van der Waals surface area contributed by atoms with E-state index >= 15 is 0 Å².